The lowest BCUT2D eigenvalue weighted by Crippen LogP contribution is -1.95. The van der Waals surface area contributed by atoms with E-state index in [0.29, 0.717) is 22.4 Å². The standard InChI is InChI=1S/C20H15F3O2/c1-24-14-7-8-15(17(21)11-14)12-3-5-13(6-4-12)16-9-10-18(25-2)20(23)19(16)22/h3-11H,1-2H3. The van der Waals surface area contributed by atoms with Crippen molar-refractivity contribution in [2.24, 2.45) is 0 Å². The van der Waals surface area contributed by atoms with Gasteiger partial charge >= 0.3 is 0 Å². The van der Waals surface area contributed by atoms with Gasteiger partial charge in [-0.25, -0.2) is 8.78 Å². The van der Waals surface area contributed by atoms with E-state index in [2.05, 4.69) is 0 Å². The van der Waals surface area contributed by atoms with Crippen molar-refractivity contribution in [3.63, 3.8) is 0 Å². The highest BCUT2D eigenvalue weighted by Crippen LogP contribution is 2.32. The van der Waals surface area contributed by atoms with Crippen LogP contribution >= 0.6 is 0 Å². The van der Waals surface area contributed by atoms with Gasteiger partial charge in [-0.1, -0.05) is 24.3 Å². The maximum absolute atomic E-state index is 14.2. The van der Waals surface area contributed by atoms with E-state index in [0.717, 1.165) is 0 Å². The van der Waals surface area contributed by atoms with E-state index >= 15 is 0 Å². The molecule has 0 fully saturated rings. The lowest BCUT2D eigenvalue weighted by molar-refractivity contribution is 0.372. The monoisotopic (exact) mass is 344 g/mol. The summed E-state index contributed by atoms with van der Waals surface area (Å²) < 4.78 is 51.9. The average molecular weight is 344 g/mol. The van der Waals surface area contributed by atoms with Crippen molar-refractivity contribution in [2.45, 2.75) is 0 Å². The quantitative estimate of drug-likeness (QED) is 0.626. The summed E-state index contributed by atoms with van der Waals surface area (Å²) in [5.74, 6) is -2.17. The van der Waals surface area contributed by atoms with Gasteiger partial charge in [-0.05, 0) is 35.4 Å². The zero-order valence-electron chi connectivity index (χ0n) is 13.6. The summed E-state index contributed by atoms with van der Waals surface area (Å²) in [6.45, 7) is 0. The van der Waals surface area contributed by atoms with Gasteiger partial charge in [0, 0.05) is 17.2 Å². The summed E-state index contributed by atoms with van der Waals surface area (Å²) in [5.41, 5.74) is 1.61. The van der Waals surface area contributed by atoms with Gasteiger partial charge in [-0.15, -0.1) is 0 Å². The van der Waals surface area contributed by atoms with Crippen molar-refractivity contribution in [3.8, 4) is 33.8 Å². The molecule has 0 radical (unpaired) electrons. The maximum Gasteiger partial charge on any atom is 0.201 e. The number of hydrogen-bond acceptors (Lipinski definition) is 2. The molecule has 0 aliphatic heterocycles. The van der Waals surface area contributed by atoms with E-state index in [1.54, 1.807) is 36.4 Å². The molecule has 0 N–H and O–H groups in total. The molecule has 0 aliphatic rings. The normalized spacial score (nSPS) is 10.6. The molecule has 3 aromatic rings. The van der Waals surface area contributed by atoms with Crippen LogP contribution in [0, 0.1) is 17.5 Å². The van der Waals surface area contributed by atoms with Gasteiger partial charge in [0.2, 0.25) is 5.82 Å². The highest BCUT2D eigenvalue weighted by atomic mass is 19.2. The van der Waals surface area contributed by atoms with Gasteiger partial charge in [-0.3, -0.25) is 0 Å². The Hall–Kier alpha value is -2.95. The molecule has 0 atom stereocenters. The molecule has 2 nitrogen and oxygen atoms in total. The number of halogens is 3. The molecule has 0 unspecified atom stereocenters. The molecule has 0 amide bonds. The summed E-state index contributed by atoms with van der Waals surface area (Å²) in [7, 11) is 2.74. The molecule has 0 heterocycles. The number of benzene rings is 3. The van der Waals surface area contributed by atoms with Crippen LogP contribution in [0.2, 0.25) is 0 Å². The summed E-state index contributed by atoms with van der Waals surface area (Å²) >= 11 is 0. The fourth-order valence-electron chi connectivity index (χ4n) is 2.60. The predicted molar refractivity (Wildman–Crippen MR) is 90.3 cm³/mol. The van der Waals surface area contributed by atoms with Crippen LogP contribution in [0.5, 0.6) is 11.5 Å². The zero-order valence-corrected chi connectivity index (χ0v) is 13.6. The highest BCUT2D eigenvalue weighted by Gasteiger charge is 2.15. The van der Waals surface area contributed by atoms with E-state index in [1.807, 2.05) is 0 Å². The molecule has 0 aromatic heterocycles. The minimum absolute atomic E-state index is 0.111. The summed E-state index contributed by atoms with van der Waals surface area (Å²) in [6, 6.07) is 13.9. The molecular weight excluding hydrogens is 329 g/mol. The molecule has 128 valence electrons. The highest BCUT2D eigenvalue weighted by molar-refractivity contribution is 5.71. The molecular formula is C20H15F3O2. The third-order valence-electron chi connectivity index (χ3n) is 3.95. The van der Waals surface area contributed by atoms with Crippen LogP contribution in [0.3, 0.4) is 0 Å². The van der Waals surface area contributed by atoms with Crippen LogP contribution in [0.1, 0.15) is 0 Å². The van der Waals surface area contributed by atoms with E-state index in [9.17, 15) is 13.2 Å². The van der Waals surface area contributed by atoms with E-state index in [-0.39, 0.29) is 11.3 Å². The van der Waals surface area contributed by atoms with Crippen LogP contribution in [0.4, 0.5) is 13.2 Å². The topological polar surface area (TPSA) is 18.5 Å². The Balaban J connectivity index is 1.97. The third-order valence-corrected chi connectivity index (χ3v) is 3.95. The smallest absolute Gasteiger partial charge is 0.201 e. The molecule has 0 aliphatic carbocycles. The fraction of sp³-hybridized carbons (Fsp3) is 0.100. The summed E-state index contributed by atoms with van der Waals surface area (Å²) in [6.07, 6.45) is 0. The van der Waals surface area contributed by atoms with Crippen LogP contribution in [-0.4, -0.2) is 14.2 Å². The minimum Gasteiger partial charge on any atom is -0.497 e. The van der Waals surface area contributed by atoms with Crippen molar-refractivity contribution in [3.05, 3.63) is 72.0 Å². The first-order valence-electron chi connectivity index (χ1n) is 7.51. The van der Waals surface area contributed by atoms with Gasteiger partial charge in [0.15, 0.2) is 11.6 Å². The lowest BCUT2D eigenvalue weighted by Gasteiger charge is -2.10. The minimum atomic E-state index is -1.04. The average Bonchev–Trinajstić information content (AvgIpc) is 2.64. The number of methoxy groups -OCH3 is 2. The van der Waals surface area contributed by atoms with Crippen LogP contribution < -0.4 is 9.47 Å². The molecule has 0 bridgehead atoms. The number of ether oxygens (including phenoxy) is 2. The Labute approximate surface area is 143 Å². The van der Waals surface area contributed by atoms with Gasteiger partial charge in [0.25, 0.3) is 0 Å². The first-order chi connectivity index (χ1) is 12.0. The first kappa shape index (κ1) is 16.9. The lowest BCUT2D eigenvalue weighted by atomic mass is 9.99. The second kappa shape index (κ2) is 6.89. The Morgan fingerprint density at radius 3 is 1.80 bits per heavy atom. The first-order valence-corrected chi connectivity index (χ1v) is 7.51. The fourth-order valence-corrected chi connectivity index (χ4v) is 2.60. The van der Waals surface area contributed by atoms with Gasteiger partial charge in [0.05, 0.1) is 14.2 Å². The van der Waals surface area contributed by atoms with Crippen molar-refractivity contribution < 1.29 is 22.6 Å². The summed E-state index contributed by atoms with van der Waals surface area (Å²) in [4.78, 5) is 0. The molecule has 3 aromatic carbocycles. The second-order valence-corrected chi connectivity index (χ2v) is 5.37. The predicted octanol–water partition coefficient (Wildman–Crippen LogP) is 5.46. The second-order valence-electron chi connectivity index (χ2n) is 5.37. The Morgan fingerprint density at radius 2 is 1.24 bits per heavy atom. The van der Waals surface area contributed by atoms with Crippen molar-refractivity contribution in [1.82, 2.24) is 0 Å². The van der Waals surface area contributed by atoms with Crippen molar-refractivity contribution in [1.29, 1.82) is 0 Å². The van der Waals surface area contributed by atoms with E-state index in [4.69, 9.17) is 9.47 Å². The van der Waals surface area contributed by atoms with Gasteiger partial charge in [0.1, 0.15) is 11.6 Å². The Morgan fingerprint density at radius 1 is 0.640 bits per heavy atom. The largest absolute Gasteiger partial charge is 0.497 e. The Bertz CT molecular complexity index is 906. The molecule has 0 spiro atoms. The summed E-state index contributed by atoms with van der Waals surface area (Å²) in [5, 5.41) is 0. The van der Waals surface area contributed by atoms with Gasteiger partial charge in [-0.2, -0.15) is 4.39 Å². The maximum atomic E-state index is 14.2. The molecule has 0 saturated carbocycles. The number of hydrogen-bond donors (Lipinski definition) is 0. The van der Waals surface area contributed by atoms with Crippen molar-refractivity contribution in [2.75, 3.05) is 14.2 Å². The van der Waals surface area contributed by atoms with Crippen LogP contribution in [0.25, 0.3) is 22.3 Å². The van der Waals surface area contributed by atoms with Crippen LogP contribution in [0.15, 0.2) is 54.6 Å². The zero-order chi connectivity index (χ0) is 18.0. The van der Waals surface area contributed by atoms with Crippen molar-refractivity contribution >= 4 is 0 Å². The van der Waals surface area contributed by atoms with E-state index < -0.39 is 17.5 Å². The third kappa shape index (κ3) is 3.18. The van der Waals surface area contributed by atoms with Gasteiger partial charge < -0.3 is 9.47 Å². The molecule has 0 saturated heterocycles. The van der Waals surface area contributed by atoms with Crippen LogP contribution in [-0.2, 0) is 0 Å². The van der Waals surface area contributed by atoms with E-state index in [1.165, 1.54) is 32.4 Å². The molecule has 25 heavy (non-hydrogen) atoms. The molecule has 5 heteroatoms. The number of rotatable bonds is 4. The SMILES string of the molecule is COc1ccc(-c2ccc(-c3ccc(OC)c(F)c3F)cc2)c(F)c1. The Kier molecular flexibility index (Phi) is 4.65. The molecule has 3 rings (SSSR count).